The third-order valence-corrected chi connectivity index (χ3v) is 9.88. The number of furan rings is 2. The summed E-state index contributed by atoms with van der Waals surface area (Å²) in [7, 11) is 0. The van der Waals surface area contributed by atoms with Gasteiger partial charge in [0.15, 0.2) is 0 Å². The molecule has 0 atom stereocenters. The van der Waals surface area contributed by atoms with E-state index in [1.165, 1.54) is 11.1 Å². The molecule has 0 aliphatic carbocycles. The lowest BCUT2D eigenvalue weighted by Gasteiger charge is -2.25. The summed E-state index contributed by atoms with van der Waals surface area (Å²) in [6.07, 6.45) is 0. The highest BCUT2D eigenvalue weighted by molar-refractivity contribution is 6.07. The molecule has 0 radical (unpaired) electrons. The molecule has 10 aromatic rings. The predicted octanol–water partition coefficient (Wildman–Crippen LogP) is 14.0. The number of anilines is 5. The van der Waals surface area contributed by atoms with Crippen LogP contribution in [0.5, 0.6) is 0 Å². The Hall–Kier alpha value is -7.04. The van der Waals surface area contributed by atoms with Crippen molar-refractivity contribution >= 4 is 72.3 Å². The number of hydrogen-bond donors (Lipinski definition) is 1. The molecule has 0 fully saturated rings. The number of nitrogens with one attached hydrogen (secondary N) is 1. The number of rotatable bonds is 7. The summed E-state index contributed by atoms with van der Waals surface area (Å²) in [5.74, 6) is 0. The Morgan fingerprint density at radius 1 is 0.346 bits per heavy atom. The smallest absolute Gasteiger partial charge is 0.137 e. The van der Waals surface area contributed by atoms with E-state index in [-0.39, 0.29) is 0 Å². The fourth-order valence-corrected chi connectivity index (χ4v) is 7.32. The van der Waals surface area contributed by atoms with E-state index in [1.54, 1.807) is 0 Å². The van der Waals surface area contributed by atoms with Crippen LogP contribution in [-0.4, -0.2) is 0 Å². The van der Waals surface area contributed by atoms with Crippen molar-refractivity contribution in [2.45, 2.75) is 0 Å². The van der Waals surface area contributed by atoms with E-state index < -0.39 is 0 Å². The van der Waals surface area contributed by atoms with Crippen molar-refractivity contribution in [3.05, 3.63) is 188 Å². The third kappa shape index (κ3) is 5.26. The molecule has 0 spiro atoms. The van der Waals surface area contributed by atoms with Gasteiger partial charge in [-0.05, 0) is 83.4 Å². The fourth-order valence-electron chi connectivity index (χ4n) is 7.32. The van der Waals surface area contributed by atoms with E-state index in [2.05, 4.69) is 168 Å². The van der Waals surface area contributed by atoms with Gasteiger partial charge in [-0.25, -0.2) is 0 Å². The van der Waals surface area contributed by atoms with E-state index in [1.807, 2.05) is 30.3 Å². The van der Waals surface area contributed by atoms with E-state index >= 15 is 0 Å². The van der Waals surface area contributed by atoms with Crippen LogP contribution in [0.15, 0.2) is 197 Å². The molecule has 246 valence electrons. The summed E-state index contributed by atoms with van der Waals surface area (Å²) in [6.45, 7) is 0. The van der Waals surface area contributed by atoms with Crippen LogP contribution in [0.25, 0.3) is 66.1 Å². The van der Waals surface area contributed by atoms with Gasteiger partial charge in [0.2, 0.25) is 0 Å². The first-order chi connectivity index (χ1) is 25.7. The molecular weight excluding hydrogens is 637 g/mol. The third-order valence-electron chi connectivity index (χ3n) is 9.88. The second-order valence-corrected chi connectivity index (χ2v) is 13.1. The van der Waals surface area contributed by atoms with Crippen molar-refractivity contribution in [2.75, 3.05) is 10.2 Å². The molecule has 2 aromatic heterocycles. The Bertz CT molecular complexity index is 2750. The van der Waals surface area contributed by atoms with Crippen molar-refractivity contribution in [1.29, 1.82) is 0 Å². The zero-order chi connectivity index (χ0) is 34.4. The van der Waals surface area contributed by atoms with Gasteiger partial charge in [-0.2, -0.15) is 0 Å². The predicted molar refractivity (Wildman–Crippen MR) is 216 cm³/mol. The van der Waals surface area contributed by atoms with Crippen molar-refractivity contribution in [3.63, 3.8) is 0 Å². The molecule has 8 aromatic carbocycles. The summed E-state index contributed by atoms with van der Waals surface area (Å²) < 4.78 is 12.7. The molecule has 4 heteroatoms. The lowest BCUT2D eigenvalue weighted by atomic mass is 10.0. The monoisotopic (exact) mass is 668 g/mol. The van der Waals surface area contributed by atoms with E-state index in [4.69, 9.17) is 8.83 Å². The van der Waals surface area contributed by atoms with Crippen molar-refractivity contribution in [3.8, 4) is 22.3 Å². The molecule has 10 rings (SSSR count). The van der Waals surface area contributed by atoms with Crippen LogP contribution in [0, 0.1) is 0 Å². The van der Waals surface area contributed by atoms with Gasteiger partial charge in [-0.1, -0.05) is 109 Å². The van der Waals surface area contributed by atoms with Gasteiger partial charge in [0.25, 0.3) is 0 Å². The van der Waals surface area contributed by atoms with Crippen LogP contribution in [0.2, 0.25) is 0 Å². The Labute approximate surface area is 300 Å². The Balaban J connectivity index is 0.998. The Morgan fingerprint density at radius 3 is 1.44 bits per heavy atom. The highest BCUT2D eigenvalue weighted by Crippen LogP contribution is 2.41. The first kappa shape index (κ1) is 29.8. The summed E-state index contributed by atoms with van der Waals surface area (Å²) in [6, 6.07) is 65.6. The van der Waals surface area contributed by atoms with E-state index in [0.717, 1.165) is 83.4 Å². The minimum Gasteiger partial charge on any atom is -0.456 e. The van der Waals surface area contributed by atoms with Crippen LogP contribution in [-0.2, 0) is 0 Å². The quantitative estimate of drug-likeness (QED) is 0.184. The Kier molecular flexibility index (Phi) is 7.10. The SMILES string of the molecule is c1ccc(-c2ccccc2Nc2ccc(-c3ccc(N(c4ccc5c(c4)oc4ccccc45)c4ccc5c(c4)oc4ccccc45)cc3)cc2)cc1. The molecule has 0 saturated carbocycles. The maximum atomic E-state index is 6.33. The average molecular weight is 669 g/mol. The second kappa shape index (κ2) is 12.4. The largest absolute Gasteiger partial charge is 0.456 e. The molecule has 0 aliphatic rings. The lowest BCUT2D eigenvalue weighted by molar-refractivity contribution is 0.669. The first-order valence-electron chi connectivity index (χ1n) is 17.5. The van der Waals surface area contributed by atoms with Crippen LogP contribution < -0.4 is 10.2 Å². The van der Waals surface area contributed by atoms with Crippen LogP contribution >= 0.6 is 0 Å². The second-order valence-electron chi connectivity index (χ2n) is 13.1. The summed E-state index contributed by atoms with van der Waals surface area (Å²) in [4.78, 5) is 2.26. The van der Waals surface area contributed by atoms with Gasteiger partial charge in [0, 0.05) is 67.7 Å². The van der Waals surface area contributed by atoms with Crippen molar-refractivity contribution in [2.24, 2.45) is 0 Å². The Morgan fingerprint density at radius 2 is 0.827 bits per heavy atom. The number of hydrogen-bond acceptors (Lipinski definition) is 4. The highest BCUT2D eigenvalue weighted by atomic mass is 16.3. The molecule has 0 saturated heterocycles. The molecule has 2 heterocycles. The van der Waals surface area contributed by atoms with Gasteiger partial charge in [-0.3, -0.25) is 0 Å². The maximum Gasteiger partial charge on any atom is 0.137 e. The number of fused-ring (bicyclic) bond motifs is 6. The van der Waals surface area contributed by atoms with Gasteiger partial charge in [0.1, 0.15) is 22.3 Å². The van der Waals surface area contributed by atoms with Gasteiger partial charge in [-0.15, -0.1) is 0 Å². The van der Waals surface area contributed by atoms with Crippen molar-refractivity contribution in [1.82, 2.24) is 0 Å². The molecule has 0 aliphatic heterocycles. The zero-order valence-corrected chi connectivity index (χ0v) is 28.2. The fraction of sp³-hybridized carbons (Fsp3) is 0. The molecule has 0 unspecified atom stereocenters. The van der Waals surface area contributed by atoms with Gasteiger partial charge >= 0.3 is 0 Å². The molecule has 52 heavy (non-hydrogen) atoms. The maximum absolute atomic E-state index is 6.33. The standard InChI is InChI=1S/C48H32N2O2/c1-2-10-34(11-3-1)39-12-4-7-15-44(39)49-35-22-18-32(19-23-35)33-20-24-36(25-21-33)50(37-26-28-42-40-13-5-8-16-45(40)51-47(42)30-37)38-27-29-43-41-14-6-9-17-46(41)52-48(43)31-38/h1-31,49H. The summed E-state index contributed by atoms with van der Waals surface area (Å²) in [5.41, 5.74) is 13.3. The highest BCUT2D eigenvalue weighted by Gasteiger charge is 2.18. The number of nitrogens with zero attached hydrogens (tertiary/aromatic N) is 1. The normalized spacial score (nSPS) is 11.5. The van der Waals surface area contributed by atoms with Gasteiger partial charge in [0.05, 0.1) is 0 Å². The van der Waals surface area contributed by atoms with Crippen LogP contribution in [0.4, 0.5) is 28.4 Å². The van der Waals surface area contributed by atoms with Gasteiger partial charge < -0.3 is 19.1 Å². The molecular formula is C48H32N2O2. The average Bonchev–Trinajstić information content (AvgIpc) is 3.77. The lowest BCUT2D eigenvalue weighted by Crippen LogP contribution is -2.09. The molecule has 4 nitrogen and oxygen atoms in total. The van der Waals surface area contributed by atoms with E-state index in [0.29, 0.717) is 0 Å². The van der Waals surface area contributed by atoms with Crippen LogP contribution in [0.1, 0.15) is 0 Å². The molecule has 0 bridgehead atoms. The minimum atomic E-state index is 0.852. The van der Waals surface area contributed by atoms with Crippen LogP contribution in [0.3, 0.4) is 0 Å². The summed E-state index contributed by atoms with van der Waals surface area (Å²) >= 11 is 0. The first-order valence-corrected chi connectivity index (χ1v) is 17.5. The van der Waals surface area contributed by atoms with Crippen molar-refractivity contribution < 1.29 is 8.83 Å². The summed E-state index contributed by atoms with van der Waals surface area (Å²) in [5, 5.41) is 8.06. The topological polar surface area (TPSA) is 41.5 Å². The number of para-hydroxylation sites is 3. The minimum absolute atomic E-state index is 0.852. The van der Waals surface area contributed by atoms with E-state index in [9.17, 15) is 0 Å². The number of benzene rings is 8. The molecule has 1 N–H and O–H groups in total. The molecule has 0 amide bonds. The zero-order valence-electron chi connectivity index (χ0n) is 28.2.